The molecule has 3 aromatic carbocycles. The van der Waals surface area contributed by atoms with E-state index in [0.29, 0.717) is 30.1 Å². The van der Waals surface area contributed by atoms with E-state index < -0.39 is 15.9 Å². The maximum atomic E-state index is 13.0. The molecular formula is C26H29N3O5S. The lowest BCUT2D eigenvalue weighted by Crippen LogP contribution is -2.39. The molecule has 35 heavy (non-hydrogen) atoms. The minimum absolute atomic E-state index is 0.0217. The number of rotatable bonds is 10. The van der Waals surface area contributed by atoms with Crippen molar-refractivity contribution in [3.05, 3.63) is 89.5 Å². The van der Waals surface area contributed by atoms with Gasteiger partial charge in [0.05, 0.1) is 18.6 Å². The van der Waals surface area contributed by atoms with Gasteiger partial charge >= 0.3 is 0 Å². The summed E-state index contributed by atoms with van der Waals surface area (Å²) in [5.41, 5.74) is 1.98. The molecule has 9 heteroatoms. The second kappa shape index (κ2) is 11.5. The van der Waals surface area contributed by atoms with Crippen molar-refractivity contribution < 1.29 is 22.7 Å². The molecule has 2 amide bonds. The second-order valence-electron chi connectivity index (χ2n) is 7.89. The van der Waals surface area contributed by atoms with E-state index in [1.165, 1.54) is 19.2 Å². The topological polar surface area (TPSA) is 105 Å². The number of aryl methyl sites for hydroxylation is 1. The number of methoxy groups -OCH3 is 1. The number of amides is 2. The first-order valence-electron chi connectivity index (χ1n) is 11.1. The van der Waals surface area contributed by atoms with Crippen molar-refractivity contribution in [1.29, 1.82) is 0 Å². The fourth-order valence-corrected chi connectivity index (χ4v) is 4.78. The van der Waals surface area contributed by atoms with Crippen molar-refractivity contribution in [2.75, 3.05) is 24.9 Å². The summed E-state index contributed by atoms with van der Waals surface area (Å²) < 4.78 is 33.6. The van der Waals surface area contributed by atoms with Crippen molar-refractivity contribution >= 4 is 27.5 Å². The van der Waals surface area contributed by atoms with Crippen molar-refractivity contribution in [3.63, 3.8) is 0 Å². The molecule has 2 N–H and O–H groups in total. The summed E-state index contributed by atoms with van der Waals surface area (Å²) in [6, 6.07) is 20.4. The van der Waals surface area contributed by atoms with Gasteiger partial charge in [-0.2, -0.15) is 0 Å². The van der Waals surface area contributed by atoms with Gasteiger partial charge in [-0.15, -0.1) is 0 Å². The number of nitrogens with one attached hydrogen (secondary N) is 2. The maximum absolute atomic E-state index is 13.0. The predicted octanol–water partition coefficient (Wildman–Crippen LogP) is 3.58. The fourth-order valence-electron chi connectivity index (χ4n) is 3.45. The van der Waals surface area contributed by atoms with Crippen LogP contribution in [-0.2, 0) is 21.4 Å². The summed E-state index contributed by atoms with van der Waals surface area (Å²) in [5.74, 6) is -0.163. The van der Waals surface area contributed by atoms with Crippen molar-refractivity contribution in [2.24, 2.45) is 0 Å². The van der Waals surface area contributed by atoms with Gasteiger partial charge in [0.25, 0.3) is 15.9 Å². The number of hydrogen-bond donors (Lipinski definition) is 2. The molecule has 3 aromatic rings. The van der Waals surface area contributed by atoms with Crippen molar-refractivity contribution in [1.82, 2.24) is 10.2 Å². The number of hydrogen-bond acceptors (Lipinski definition) is 5. The second-order valence-corrected chi connectivity index (χ2v) is 9.54. The van der Waals surface area contributed by atoms with Crippen LogP contribution in [0.1, 0.15) is 28.4 Å². The average Bonchev–Trinajstić information content (AvgIpc) is 2.86. The summed E-state index contributed by atoms with van der Waals surface area (Å²) in [7, 11) is -2.43. The Morgan fingerprint density at radius 1 is 0.971 bits per heavy atom. The Balaban J connectivity index is 1.68. The third-order valence-electron chi connectivity index (χ3n) is 5.43. The Labute approximate surface area is 206 Å². The van der Waals surface area contributed by atoms with E-state index in [0.717, 1.165) is 5.56 Å². The molecule has 0 atom stereocenters. The molecule has 0 aliphatic rings. The molecule has 0 radical (unpaired) electrons. The van der Waals surface area contributed by atoms with Crippen LogP contribution in [-0.4, -0.2) is 45.3 Å². The molecule has 0 saturated carbocycles. The molecule has 0 unspecified atom stereocenters. The van der Waals surface area contributed by atoms with Crippen molar-refractivity contribution in [2.45, 2.75) is 25.3 Å². The minimum Gasteiger partial charge on any atom is -0.497 e. The lowest BCUT2D eigenvalue weighted by Gasteiger charge is -2.21. The molecular weight excluding hydrogens is 466 g/mol. The Bertz CT molecular complexity index is 1280. The molecule has 0 spiro atoms. The van der Waals surface area contributed by atoms with E-state index in [-0.39, 0.29) is 22.9 Å². The molecule has 3 rings (SSSR count). The number of benzene rings is 3. The van der Waals surface area contributed by atoms with Gasteiger partial charge < -0.3 is 15.0 Å². The predicted molar refractivity (Wildman–Crippen MR) is 135 cm³/mol. The molecule has 184 valence electrons. The van der Waals surface area contributed by atoms with Crippen LogP contribution in [0.5, 0.6) is 5.75 Å². The highest BCUT2D eigenvalue weighted by atomic mass is 32.2. The highest BCUT2D eigenvalue weighted by molar-refractivity contribution is 7.92. The monoisotopic (exact) mass is 495 g/mol. The highest BCUT2D eigenvalue weighted by Gasteiger charge is 2.20. The number of ether oxygens (including phenoxy) is 1. The molecule has 0 heterocycles. The normalized spacial score (nSPS) is 10.9. The van der Waals surface area contributed by atoms with Gasteiger partial charge in [-0.05, 0) is 61.4 Å². The molecule has 0 fully saturated rings. The van der Waals surface area contributed by atoms with Gasteiger partial charge in [0.15, 0.2) is 0 Å². The molecule has 0 aliphatic heterocycles. The Morgan fingerprint density at radius 2 is 1.66 bits per heavy atom. The fraction of sp³-hybridized carbons (Fsp3) is 0.231. The first-order valence-corrected chi connectivity index (χ1v) is 12.6. The molecule has 0 aliphatic carbocycles. The molecule has 0 aromatic heterocycles. The Kier molecular flexibility index (Phi) is 8.48. The van der Waals surface area contributed by atoms with Crippen LogP contribution >= 0.6 is 0 Å². The Morgan fingerprint density at radius 3 is 2.29 bits per heavy atom. The van der Waals surface area contributed by atoms with Gasteiger partial charge in [0.1, 0.15) is 5.75 Å². The average molecular weight is 496 g/mol. The summed E-state index contributed by atoms with van der Waals surface area (Å²) >= 11 is 0. The van der Waals surface area contributed by atoms with Crippen LogP contribution < -0.4 is 14.8 Å². The van der Waals surface area contributed by atoms with E-state index in [9.17, 15) is 18.0 Å². The van der Waals surface area contributed by atoms with E-state index in [1.807, 2.05) is 37.3 Å². The van der Waals surface area contributed by atoms with Gasteiger partial charge in [-0.1, -0.05) is 36.4 Å². The summed E-state index contributed by atoms with van der Waals surface area (Å²) in [6.07, 6.45) is 0. The SMILES string of the molecule is CCN(Cc1ccccc1)C(=O)CNC(=O)c1ccc(C)c(S(=O)(=O)Nc2ccc(OC)cc2)c1. The van der Waals surface area contributed by atoms with E-state index in [2.05, 4.69) is 10.0 Å². The zero-order valence-electron chi connectivity index (χ0n) is 19.9. The van der Waals surface area contributed by atoms with E-state index in [1.54, 1.807) is 42.2 Å². The quantitative estimate of drug-likeness (QED) is 0.447. The van der Waals surface area contributed by atoms with Crippen LogP contribution in [0.4, 0.5) is 5.69 Å². The van der Waals surface area contributed by atoms with Crippen LogP contribution in [0.25, 0.3) is 0 Å². The third kappa shape index (κ3) is 6.83. The maximum Gasteiger partial charge on any atom is 0.262 e. The number of anilines is 1. The largest absolute Gasteiger partial charge is 0.497 e. The van der Waals surface area contributed by atoms with Gasteiger partial charge in [-0.3, -0.25) is 14.3 Å². The zero-order valence-corrected chi connectivity index (χ0v) is 20.8. The van der Waals surface area contributed by atoms with Crippen LogP contribution in [0.3, 0.4) is 0 Å². The smallest absolute Gasteiger partial charge is 0.262 e. The highest BCUT2D eigenvalue weighted by Crippen LogP contribution is 2.22. The lowest BCUT2D eigenvalue weighted by atomic mass is 10.1. The van der Waals surface area contributed by atoms with Crippen LogP contribution in [0.2, 0.25) is 0 Å². The summed E-state index contributed by atoms with van der Waals surface area (Å²) in [4.78, 5) is 27.0. The number of nitrogens with zero attached hydrogens (tertiary/aromatic N) is 1. The van der Waals surface area contributed by atoms with Gasteiger partial charge in [0, 0.05) is 24.3 Å². The first kappa shape index (κ1) is 25.8. The lowest BCUT2D eigenvalue weighted by molar-refractivity contribution is -0.130. The van der Waals surface area contributed by atoms with E-state index >= 15 is 0 Å². The molecule has 0 bridgehead atoms. The molecule has 8 nitrogen and oxygen atoms in total. The van der Waals surface area contributed by atoms with E-state index in [4.69, 9.17) is 4.74 Å². The van der Waals surface area contributed by atoms with Gasteiger partial charge in [0.2, 0.25) is 5.91 Å². The third-order valence-corrected chi connectivity index (χ3v) is 6.96. The van der Waals surface area contributed by atoms with Crippen LogP contribution in [0.15, 0.2) is 77.7 Å². The first-order chi connectivity index (χ1) is 16.7. The Hall–Kier alpha value is -3.85. The summed E-state index contributed by atoms with van der Waals surface area (Å²) in [5, 5.41) is 2.60. The number of carbonyl (C=O) groups is 2. The van der Waals surface area contributed by atoms with Gasteiger partial charge in [-0.25, -0.2) is 8.42 Å². The number of carbonyl (C=O) groups excluding carboxylic acids is 2. The van der Waals surface area contributed by atoms with Crippen LogP contribution in [0, 0.1) is 6.92 Å². The molecule has 0 saturated heterocycles. The zero-order chi connectivity index (χ0) is 25.4. The number of likely N-dealkylation sites (N-methyl/N-ethyl adjacent to an activating group) is 1. The number of sulfonamides is 1. The summed E-state index contributed by atoms with van der Waals surface area (Å²) in [6.45, 7) is 4.26. The van der Waals surface area contributed by atoms with Crippen molar-refractivity contribution in [3.8, 4) is 5.75 Å². The minimum atomic E-state index is -3.95. The standard InChI is InChI=1S/C26H29N3O5S/c1-4-29(18-20-8-6-5-7-9-20)25(30)17-27-26(31)21-11-10-19(2)24(16-21)35(32,33)28-22-12-14-23(34-3)15-13-22/h5-16,28H,4,17-18H2,1-3H3,(H,27,31).